The molecule has 1 aliphatic rings. The van der Waals surface area contributed by atoms with E-state index in [1.807, 2.05) is 24.3 Å². The molecule has 136 valence electrons. The molecule has 2 aromatic carbocycles. The van der Waals surface area contributed by atoms with Crippen LogP contribution in [0.15, 0.2) is 42.5 Å². The second-order valence-corrected chi connectivity index (χ2v) is 6.09. The number of ether oxygens (including phenoxy) is 3. The molecule has 1 N–H and O–H groups in total. The van der Waals surface area contributed by atoms with Gasteiger partial charge in [-0.3, -0.25) is 4.79 Å². The predicted molar refractivity (Wildman–Crippen MR) is 95.6 cm³/mol. The first-order chi connectivity index (χ1) is 12.6. The zero-order valence-corrected chi connectivity index (χ0v) is 14.8. The number of esters is 1. The van der Waals surface area contributed by atoms with Crippen LogP contribution >= 0.6 is 0 Å². The molecule has 0 spiro atoms. The summed E-state index contributed by atoms with van der Waals surface area (Å²) in [4.78, 5) is 23.7. The maximum absolute atomic E-state index is 12.1. The number of hydrogen-bond donors (Lipinski definition) is 1. The van der Waals surface area contributed by atoms with Crippen LogP contribution in [0.4, 0.5) is 0 Å². The largest absolute Gasteiger partial charge is 0.497 e. The summed E-state index contributed by atoms with van der Waals surface area (Å²) in [6.45, 7) is 0.414. The summed E-state index contributed by atoms with van der Waals surface area (Å²) < 4.78 is 15.7. The van der Waals surface area contributed by atoms with Gasteiger partial charge in [-0.05, 0) is 41.5 Å². The Morgan fingerprint density at radius 3 is 2.62 bits per heavy atom. The Morgan fingerprint density at radius 2 is 1.92 bits per heavy atom. The lowest BCUT2D eigenvalue weighted by Gasteiger charge is -2.12. The fourth-order valence-corrected chi connectivity index (χ4v) is 2.90. The third-order valence-corrected chi connectivity index (χ3v) is 4.27. The van der Waals surface area contributed by atoms with Gasteiger partial charge in [-0.2, -0.15) is 0 Å². The van der Waals surface area contributed by atoms with Crippen LogP contribution in [0.2, 0.25) is 0 Å². The molecular weight excluding hydrogens is 334 g/mol. The van der Waals surface area contributed by atoms with Crippen molar-refractivity contribution in [2.24, 2.45) is 0 Å². The van der Waals surface area contributed by atoms with Crippen LogP contribution in [0, 0.1) is 0 Å². The Kier molecular flexibility index (Phi) is 5.41. The first-order valence-corrected chi connectivity index (χ1v) is 8.36. The first-order valence-electron chi connectivity index (χ1n) is 8.36. The van der Waals surface area contributed by atoms with Gasteiger partial charge in [-0.1, -0.05) is 12.1 Å². The summed E-state index contributed by atoms with van der Waals surface area (Å²) >= 11 is 0. The van der Waals surface area contributed by atoms with Crippen molar-refractivity contribution in [2.75, 3.05) is 20.8 Å². The normalized spacial score (nSPS) is 14.9. The Bertz CT molecular complexity index is 800. The van der Waals surface area contributed by atoms with E-state index in [4.69, 9.17) is 14.2 Å². The summed E-state index contributed by atoms with van der Waals surface area (Å²) in [6, 6.07) is 12.6. The number of hydrogen-bond acceptors (Lipinski definition) is 5. The highest BCUT2D eigenvalue weighted by Gasteiger charge is 2.24. The molecular formula is C20H21NO5. The van der Waals surface area contributed by atoms with Crippen LogP contribution in [0.5, 0.6) is 11.5 Å². The smallest absolute Gasteiger partial charge is 0.337 e. The molecule has 0 saturated carbocycles. The molecule has 2 aromatic rings. The maximum atomic E-state index is 12.1. The Hall–Kier alpha value is -3.02. The summed E-state index contributed by atoms with van der Waals surface area (Å²) in [6.07, 6.45) is 0.803. The molecule has 0 fully saturated rings. The minimum Gasteiger partial charge on any atom is -0.497 e. The van der Waals surface area contributed by atoms with Crippen molar-refractivity contribution in [1.29, 1.82) is 0 Å². The van der Waals surface area contributed by atoms with Crippen molar-refractivity contribution in [3.63, 3.8) is 0 Å². The third kappa shape index (κ3) is 4.14. The third-order valence-electron chi connectivity index (χ3n) is 4.27. The minimum absolute atomic E-state index is 0.0648. The molecule has 0 aliphatic carbocycles. The number of benzene rings is 2. The average Bonchev–Trinajstić information content (AvgIpc) is 3.08. The van der Waals surface area contributed by atoms with Crippen molar-refractivity contribution in [3.05, 3.63) is 59.2 Å². The maximum Gasteiger partial charge on any atom is 0.337 e. The number of carbonyl (C=O) groups excluding carboxylic acids is 2. The van der Waals surface area contributed by atoms with Crippen molar-refractivity contribution < 1.29 is 23.8 Å². The molecule has 0 saturated heterocycles. The van der Waals surface area contributed by atoms with Crippen molar-refractivity contribution >= 4 is 11.9 Å². The fraction of sp³-hybridized carbons (Fsp3) is 0.300. The van der Waals surface area contributed by atoms with Crippen LogP contribution < -0.4 is 14.8 Å². The van der Waals surface area contributed by atoms with Gasteiger partial charge in [0.1, 0.15) is 17.6 Å². The Labute approximate surface area is 152 Å². The molecule has 6 heteroatoms. The van der Waals surface area contributed by atoms with Gasteiger partial charge < -0.3 is 19.5 Å². The van der Waals surface area contributed by atoms with Gasteiger partial charge in [-0.25, -0.2) is 4.79 Å². The monoisotopic (exact) mass is 355 g/mol. The van der Waals surface area contributed by atoms with Crippen molar-refractivity contribution in [2.45, 2.75) is 18.9 Å². The quantitative estimate of drug-likeness (QED) is 0.804. The highest BCUT2D eigenvalue weighted by atomic mass is 16.5. The topological polar surface area (TPSA) is 73.9 Å². The van der Waals surface area contributed by atoms with Crippen LogP contribution in [-0.2, 0) is 22.4 Å². The molecule has 0 bridgehead atoms. The standard InChI is InChI=1S/C20H21NO5/c1-24-16-6-3-13(4-7-16)9-19(22)21-12-17-11-15-10-14(20(23)25-2)5-8-18(15)26-17/h3-8,10,17H,9,11-12H2,1-2H3,(H,21,22)/t17-/m1/s1. The summed E-state index contributed by atoms with van der Waals surface area (Å²) in [5, 5.41) is 2.90. The van der Waals surface area contributed by atoms with Crippen LogP contribution in [0.1, 0.15) is 21.5 Å². The molecule has 0 unspecified atom stereocenters. The molecule has 3 rings (SSSR count). The molecule has 1 amide bonds. The molecule has 1 heterocycles. The summed E-state index contributed by atoms with van der Waals surface area (Å²) in [5.74, 6) is 1.07. The SMILES string of the molecule is COC(=O)c1ccc2c(c1)C[C@H](CNC(=O)Cc1ccc(OC)cc1)O2. The van der Waals surface area contributed by atoms with E-state index in [2.05, 4.69) is 5.32 Å². The van der Waals surface area contributed by atoms with E-state index in [9.17, 15) is 9.59 Å². The van der Waals surface area contributed by atoms with Gasteiger partial charge in [0, 0.05) is 6.42 Å². The van der Waals surface area contributed by atoms with Crippen molar-refractivity contribution in [1.82, 2.24) is 5.32 Å². The molecule has 6 nitrogen and oxygen atoms in total. The average molecular weight is 355 g/mol. The lowest BCUT2D eigenvalue weighted by atomic mass is 10.1. The van der Waals surface area contributed by atoms with Crippen LogP contribution in [0.25, 0.3) is 0 Å². The number of methoxy groups -OCH3 is 2. The Balaban J connectivity index is 1.50. The number of fused-ring (bicyclic) bond motifs is 1. The molecule has 0 radical (unpaired) electrons. The number of rotatable bonds is 6. The molecule has 26 heavy (non-hydrogen) atoms. The van der Waals surface area contributed by atoms with E-state index >= 15 is 0 Å². The lowest BCUT2D eigenvalue weighted by molar-refractivity contribution is -0.120. The second kappa shape index (κ2) is 7.91. The lowest BCUT2D eigenvalue weighted by Crippen LogP contribution is -2.35. The van der Waals surface area contributed by atoms with E-state index < -0.39 is 0 Å². The van der Waals surface area contributed by atoms with Crippen LogP contribution in [-0.4, -0.2) is 38.7 Å². The second-order valence-electron chi connectivity index (χ2n) is 6.09. The van der Waals surface area contributed by atoms with Gasteiger partial charge >= 0.3 is 5.97 Å². The Morgan fingerprint density at radius 1 is 1.15 bits per heavy atom. The first kappa shape index (κ1) is 17.8. The zero-order valence-electron chi connectivity index (χ0n) is 14.8. The number of amides is 1. The zero-order chi connectivity index (χ0) is 18.5. The van der Waals surface area contributed by atoms with Gasteiger partial charge in [0.25, 0.3) is 0 Å². The minimum atomic E-state index is -0.371. The van der Waals surface area contributed by atoms with E-state index in [1.165, 1.54) is 7.11 Å². The van der Waals surface area contributed by atoms with E-state index in [-0.39, 0.29) is 18.0 Å². The highest BCUT2D eigenvalue weighted by molar-refractivity contribution is 5.89. The van der Waals surface area contributed by atoms with Crippen molar-refractivity contribution in [3.8, 4) is 11.5 Å². The van der Waals surface area contributed by atoms with Gasteiger partial charge in [0.15, 0.2) is 0 Å². The van der Waals surface area contributed by atoms with Crippen LogP contribution in [0.3, 0.4) is 0 Å². The van der Waals surface area contributed by atoms with Gasteiger partial charge in [0.2, 0.25) is 5.91 Å². The molecule has 1 aliphatic heterocycles. The molecule has 1 atom stereocenters. The number of nitrogens with one attached hydrogen (secondary N) is 1. The highest BCUT2D eigenvalue weighted by Crippen LogP contribution is 2.29. The van der Waals surface area contributed by atoms with Gasteiger partial charge in [0.05, 0.1) is 32.7 Å². The van der Waals surface area contributed by atoms with Gasteiger partial charge in [-0.15, -0.1) is 0 Å². The summed E-state index contributed by atoms with van der Waals surface area (Å²) in [7, 11) is 2.96. The number of carbonyl (C=O) groups is 2. The van der Waals surface area contributed by atoms with E-state index in [1.54, 1.807) is 25.3 Å². The predicted octanol–water partition coefficient (Wildman–Crippen LogP) is 2.14. The van der Waals surface area contributed by atoms with E-state index in [0.29, 0.717) is 24.9 Å². The summed E-state index contributed by atoms with van der Waals surface area (Å²) in [5.41, 5.74) is 2.36. The fourth-order valence-electron chi connectivity index (χ4n) is 2.90. The molecule has 0 aromatic heterocycles. The van der Waals surface area contributed by atoms with E-state index in [0.717, 1.165) is 22.6 Å².